The van der Waals surface area contributed by atoms with Crippen LogP contribution in [0.4, 0.5) is 0 Å². The molecule has 0 saturated carbocycles. The highest BCUT2D eigenvalue weighted by Crippen LogP contribution is 2.37. The van der Waals surface area contributed by atoms with Gasteiger partial charge in [-0.15, -0.1) is 0 Å². The van der Waals surface area contributed by atoms with Gasteiger partial charge in [-0.2, -0.15) is 0 Å². The van der Waals surface area contributed by atoms with Crippen molar-refractivity contribution in [1.82, 2.24) is 24.5 Å². The van der Waals surface area contributed by atoms with Crippen LogP contribution in [0.2, 0.25) is 0 Å². The zero-order chi connectivity index (χ0) is 29.5. The summed E-state index contributed by atoms with van der Waals surface area (Å²) in [4.78, 5) is 19.8. The van der Waals surface area contributed by atoms with E-state index in [1.807, 2.05) is 85.1 Å². The fourth-order valence-electron chi connectivity index (χ4n) is 5.89. The van der Waals surface area contributed by atoms with Crippen molar-refractivity contribution < 1.29 is 0 Å². The lowest BCUT2D eigenvalue weighted by Gasteiger charge is -2.15. The highest BCUT2D eigenvalue weighted by Gasteiger charge is 2.19. The fourth-order valence-corrected chi connectivity index (χ4v) is 5.89. The number of fused-ring (bicyclic) bond motifs is 3. The molecule has 0 unspecified atom stereocenters. The van der Waals surface area contributed by atoms with E-state index in [9.17, 15) is 0 Å². The second kappa shape index (κ2) is 10.7. The highest BCUT2D eigenvalue weighted by molar-refractivity contribution is 6.09. The van der Waals surface area contributed by atoms with Crippen LogP contribution in [0.25, 0.3) is 72.9 Å². The SMILES string of the molecule is Cc1ccc2c3ccccc3n(-c3ccc(-c4ccccn4)c(-c4nc(-c5ccccc5)nc(-c5ccccc5)n4)c3)c2c1. The van der Waals surface area contributed by atoms with E-state index in [4.69, 9.17) is 19.9 Å². The Labute approximate surface area is 255 Å². The normalized spacial score (nSPS) is 11.3. The van der Waals surface area contributed by atoms with E-state index in [0.29, 0.717) is 17.5 Å². The van der Waals surface area contributed by atoms with Crippen LogP contribution in [0, 0.1) is 6.92 Å². The van der Waals surface area contributed by atoms with Crippen LogP contribution in [-0.2, 0) is 0 Å². The minimum Gasteiger partial charge on any atom is -0.309 e. The molecule has 0 bridgehead atoms. The van der Waals surface area contributed by atoms with Crippen LogP contribution in [0.15, 0.2) is 146 Å². The number of pyridine rings is 1. The molecule has 0 amide bonds. The summed E-state index contributed by atoms with van der Waals surface area (Å²) in [6.07, 6.45) is 1.82. The number of hydrogen-bond donors (Lipinski definition) is 0. The molecular weight excluding hydrogens is 538 g/mol. The molecule has 8 aromatic rings. The standard InChI is InChI=1S/C39H27N5/c1-26-19-21-32-31-16-8-9-18-35(31)44(36(32)24-26)29-20-22-30(34-17-10-11-23-40-34)33(25-29)39-42-37(27-12-4-2-5-13-27)41-38(43-39)28-14-6-3-7-15-28/h2-25H,1H3. The molecule has 0 atom stereocenters. The smallest absolute Gasteiger partial charge is 0.164 e. The van der Waals surface area contributed by atoms with Crippen molar-refractivity contribution in [2.75, 3.05) is 0 Å². The average Bonchev–Trinajstić information content (AvgIpc) is 3.42. The third-order valence-corrected chi connectivity index (χ3v) is 7.97. The van der Waals surface area contributed by atoms with Crippen LogP contribution in [0.3, 0.4) is 0 Å². The van der Waals surface area contributed by atoms with Crippen LogP contribution in [0.1, 0.15) is 5.56 Å². The van der Waals surface area contributed by atoms with E-state index < -0.39 is 0 Å². The van der Waals surface area contributed by atoms with Crippen molar-refractivity contribution >= 4 is 21.8 Å². The molecule has 0 aliphatic heterocycles. The largest absolute Gasteiger partial charge is 0.309 e. The lowest BCUT2D eigenvalue weighted by Crippen LogP contribution is -2.02. The molecule has 3 aromatic heterocycles. The molecule has 208 valence electrons. The van der Waals surface area contributed by atoms with E-state index >= 15 is 0 Å². The molecule has 8 rings (SSSR count). The third kappa shape index (κ3) is 4.52. The molecule has 0 aliphatic carbocycles. The minimum atomic E-state index is 0.595. The van der Waals surface area contributed by atoms with E-state index in [1.54, 1.807) is 0 Å². The summed E-state index contributed by atoms with van der Waals surface area (Å²) in [7, 11) is 0. The van der Waals surface area contributed by atoms with Gasteiger partial charge in [-0.05, 0) is 55.0 Å². The second-order valence-corrected chi connectivity index (χ2v) is 10.9. The molecule has 0 aliphatic rings. The Bertz CT molecular complexity index is 2220. The Morgan fingerprint density at radius 1 is 0.477 bits per heavy atom. The number of hydrogen-bond acceptors (Lipinski definition) is 4. The van der Waals surface area contributed by atoms with Crippen molar-refractivity contribution in [3.8, 4) is 51.1 Å². The monoisotopic (exact) mass is 565 g/mol. The first kappa shape index (κ1) is 25.7. The maximum absolute atomic E-state index is 5.09. The molecule has 0 fully saturated rings. The van der Waals surface area contributed by atoms with Crippen LogP contribution in [-0.4, -0.2) is 24.5 Å². The Kier molecular flexibility index (Phi) is 6.27. The first-order valence-electron chi connectivity index (χ1n) is 14.7. The predicted octanol–water partition coefficient (Wildman–Crippen LogP) is 9.34. The third-order valence-electron chi connectivity index (χ3n) is 7.97. The molecule has 0 N–H and O–H groups in total. The zero-order valence-corrected chi connectivity index (χ0v) is 24.1. The number of rotatable bonds is 5. The van der Waals surface area contributed by atoms with Gasteiger partial charge in [-0.1, -0.05) is 97.1 Å². The van der Waals surface area contributed by atoms with Gasteiger partial charge >= 0.3 is 0 Å². The van der Waals surface area contributed by atoms with Crippen LogP contribution in [0.5, 0.6) is 0 Å². The molecule has 5 heteroatoms. The fraction of sp³-hybridized carbons (Fsp3) is 0.0256. The van der Waals surface area contributed by atoms with Crippen molar-refractivity contribution in [2.24, 2.45) is 0 Å². The van der Waals surface area contributed by atoms with Gasteiger partial charge in [-0.3, -0.25) is 4.98 Å². The molecule has 0 saturated heterocycles. The molecule has 44 heavy (non-hydrogen) atoms. The Morgan fingerprint density at radius 2 is 1.11 bits per heavy atom. The first-order chi connectivity index (χ1) is 21.7. The van der Waals surface area contributed by atoms with E-state index in [0.717, 1.165) is 44.7 Å². The van der Waals surface area contributed by atoms with Crippen molar-refractivity contribution in [1.29, 1.82) is 0 Å². The van der Waals surface area contributed by atoms with Crippen LogP contribution >= 0.6 is 0 Å². The Hall–Kier alpha value is -5.94. The molecule has 5 nitrogen and oxygen atoms in total. The molecule has 0 radical (unpaired) electrons. The molecular formula is C39H27N5. The van der Waals surface area contributed by atoms with E-state index in [1.165, 1.54) is 16.3 Å². The number of para-hydroxylation sites is 1. The Morgan fingerprint density at radius 3 is 1.82 bits per heavy atom. The number of nitrogens with zero attached hydrogens (tertiary/aromatic N) is 5. The summed E-state index contributed by atoms with van der Waals surface area (Å²) in [5, 5.41) is 2.44. The summed E-state index contributed by atoms with van der Waals surface area (Å²) in [5.74, 6) is 1.84. The topological polar surface area (TPSA) is 56.5 Å². The number of aromatic nitrogens is 5. The Balaban J connectivity index is 1.43. The maximum atomic E-state index is 5.09. The number of benzene rings is 5. The average molecular weight is 566 g/mol. The first-order valence-corrected chi connectivity index (χ1v) is 14.7. The lowest BCUT2D eigenvalue weighted by molar-refractivity contribution is 1.07. The summed E-state index contributed by atoms with van der Waals surface area (Å²) < 4.78 is 2.33. The van der Waals surface area contributed by atoms with Gasteiger partial charge in [0.1, 0.15) is 0 Å². The quantitative estimate of drug-likeness (QED) is 0.209. The van der Waals surface area contributed by atoms with Gasteiger partial charge < -0.3 is 4.57 Å². The zero-order valence-electron chi connectivity index (χ0n) is 24.1. The van der Waals surface area contributed by atoms with Crippen molar-refractivity contribution in [3.63, 3.8) is 0 Å². The minimum absolute atomic E-state index is 0.595. The van der Waals surface area contributed by atoms with Gasteiger partial charge in [0.05, 0.1) is 16.7 Å². The van der Waals surface area contributed by atoms with Gasteiger partial charge in [0.15, 0.2) is 17.5 Å². The molecule has 0 spiro atoms. The summed E-state index contributed by atoms with van der Waals surface area (Å²) in [6.45, 7) is 2.14. The van der Waals surface area contributed by atoms with E-state index in [-0.39, 0.29) is 0 Å². The molecule has 5 aromatic carbocycles. The van der Waals surface area contributed by atoms with Gasteiger partial charge in [0, 0.05) is 44.9 Å². The van der Waals surface area contributed by atoms with E-state index in [2.05, 4.69) is 72.2 Å². The van der Waals surface area contributed by atoms with Gasteiger partial charge in [-0.25, -0.2) is 15.0 Å². The maximum Gasteiger partial charge on any atom is 0.164 e. The number of aryl methyl sites for hydroxylation is 1. The van der Waals surface area contributed by atoms with Gasteiger partial charge in [0.2, 0.25) is 0 Å². The van der Waals surface area contributed by atoms with Crippen molar-refractivity contribution in [3.05, 3.63) is 151 Å². The summed E-state index contributed by atoms with van der Waals surface area (Å²) >= 11 is 0. The van der Waals surface area contributed by atoms with Crippen LogP contribution < -0.4 is 0 Å². The molecule has 3 heterocycles. The highest BCUT2D eigenvalue weighted by atomic mass is 15.0. The van der Waals surface area contributed by atoms with Crippen molar-refractivity contribution in [2.45, 2.75) is 6.92 Å². The lowest BCUT2D eigenvalue weighted by atomic mass is 10.0. The van der Waals surface area contributed by atoms with Gasteiger partial charge in [0.25, 0.3) is 0 Å². The predicted molar refractivity (Wildman–Crippen MR) is 178 cm³/mol. The second-order valence-electron chi connectivity index (χ2n) is 10.9. The summed E-state index contributed by atoms with van der Waals surface area (Å²) in [6, 6.07) is 47.8. The summed E-state index contributed by atoms with van der Waals surface area (Å²) in [5.41, 5.74) is 9.11.